The average molecular weight is 530 g/mol. The van der Waals surface area contributed by atoms with Crippen LogP contribution >= 0.6 is 0 Å². The van der Waals surface area contributed by atoms with E-state index in [-0.39, 0.29) is 30.1 Å². The van der Waals surface area contributed by atoms with E-state index in [0.717, 1.165) is 17.9 Å². The van der Waals surface area contributed by atoms with Crippen LogP contribution in [0.25, 0.3) is 0 Å². The molecule has 208 valence electrons. The first-order valence-corrected chi connectivity index (χ1v) is 12.0. The van der Waals surface area contributed by atoms with Crippen LogP contribution in [-0.4, -0.2) is 56.0 Å². The molecule has 10 heteroatoms. The van der Waals surface area contributed by atoms with E-state index in [9.17, 15) is 18.8 Å². The van der Waals surface area contributed by atoms with Gasteiger partial charge >= 0.3 is 0 Å². The van der Waals surface area contributed by atoms with Gasteiger partial charge in [0.1, 0.15) is 24.9 Å². The van der Waals surface area contributed by atoms with E-state index >= 15 is 0 Å². The third-order valence-corrected chi connectivity index (χ3v) is 4.40. The van der Waals surface area contributed by atoms with Crippen LogP contribution in [-0.2, 0) is 19.2 Å². The highest BCUT2D eigenvalue weighted by Gasteiger charge is 2.34. The fraction of sp³-hybridized carbons (Fsp3) is 0.393. The lowest BCUT2D eigenvalue weighted by molar-refractivity contribution is -0.129. The molecule has 0 saturated carbocycles. The Morgan fingerprint density at radius 2 is 1.66 bits per heavy atom. The van der Waals surface area contributed by atoms with Crippen molar-refractivity contribution in [2.24, 2.45) is 17.6 Å². The molecule has 4 N–H and O–H groups in total. The highest BCUT2D eigenvalue weighted by atomic mass is 19.1. The zero-order valence-electron chi connectivity index (χ0n) is 22.8. The summed E-state index contributed by atoms with van der Waals surface area (Å²) in [6.45, 7) is 10.1. The van der Waals surface area contributed by atoms with Crippen LogP contribution in [0.2, 0.25) is 0 Å². The molecule has 1 saturated heterocycles. The summed E-state index contributed by atoms with van der Waals surface area (Å²) < 4.78 is 12.3. The molecule has 3 rings (SSSR count). The molecule has 9 nitrogen and oxygen atoms in total. The van der Waals surface area contributed by atoms with Crippen molar-refractivity contribution < 1.29 is 23.6 Å². The van der Waals surface area contributed by atoms with E-state index in [1.165, 1.54) is 36.1 Å². The molecule has 0 spiro atoms. The summed E-state index contributed by atoms with van der Waals surface area (Å²) in [6, 6.07) is 17.2. The van der Waals surface area contributed by atoms with Gasteiger partial charge in [-0.2, -0.15) is 5.26 Å². The molecule has 38 heavy (non-hydrogen) atoms. The maximum atomic E-state index is 12.3. The van der Waals surface area contributed by atoms with Gasteiger partial charge in [0.15, 0.2) is 0 Å². The number of amides is 2. The van der Waals surface area contributed by atoms with Crippen molar-refractivity contribution in [2.45, 2.75) is 40.2 Å². The van der Waals surface area contributed by atoms with Crippen LogP contribution in [0.15, 0.2) is 54.6 Å². The first-order valence-electron chi connectivity index (χ1n) is 12.0. The van der Waals surface area contributed by atoms with Crippen molar-refractivity contribution in [1.82, 2.24) is 4.90 Å². The number of hydrogen-bond donors (Lipinski definition) is 3. The van der Waals surface area contributed by atoms with E-state index in [1.807, 2.05) is 50.2 Å². The number of aldehydes is 1. The molecule has 1 aliphatic rings. The minimum Gasteiger partial charge on any atom is -0.388 e. The molecule has 2 aromatic carbocycles. The van der Waals surface area contributed by atoms with Gasteiger partial charge in [0.05, 0.1) is 12.6 Å². The van der Waals surface area contributed by atoms with Gasteiger partial charge in [0.25, 0.3) is 0 Å². The quantitative estimate of drug-likeness (QED) is 0.510. The zero-order chi connectivity index (χ0) is 29.5. The number of carbonyl (C=O) groups is 4. The maximum Gasteiger partial charge on any atom is 0.237 e. The number of halogens is 1. The van der Waals surface area contributed by atoms with Crippen molar-refractivity contribution in [2.75, 3.05) is 30.8 Å². The molecule has 2 aromatic rings. The lowest BCUT2D eigenvalue weighted by Gasteiger charge is -2.17. The minimum absolute atomic E-state index is 0.107. The van der Waals surface area contributed by atoms with Gasteiger partial charge in [-0.3, -0.25) is 9.59 Å². The van der Waals surface area contributed by atoms with E-state index in [2.05, 4.69) is 31.4 Å². The predicted octanol–water partition coefficient (Wildman–Crippen LogP) is 3.87. The number of likely N-dealkylation sites (tertiary alicyclic amines) is 1. The molecule has 2 unspecified atom stereocenters. The second kappa shape index (κ2) is 22.1. The summed E-state index contributed by atoms with van der Waals surface area (Å²) in [5.74, 6) is -0.105. The van der Waals surface area contributed by atoms with Crippen LogP contribution in [0.4, 0.5) is 15.8 Å². The van der Waals surface area contributed by atoms with Crippen LogP contribution in [0, 0.1) is 29.0 Å². The highest BCUT2D eigenvalue weighted by Crippen LogP contribution is 2.20. The number of nitrogens with one attached hydrogen (secondary N) is 2. The zero-order valence-corrected chi connectivity index (χ0v) is 22.8. The van der Waals surface area contributed by atoms with E-state index in [0.29, 0.717) is 18.7 Å². The molecule has 2 amide bonds. The Kier molecular flexibility index (Phi) is 21.0. The molecular weight excluding hydrogens is 489 g/mol. The van der Waals surface area contributed by atoms with Crippen LogP contribution in [0.5, 0.6) is 0 Å². The average Bonchev–Trinajstić information content (AvgIpc) is 3.35. The first-order chi connectivity index (χ1) is 18.1. The summed E-state index contributed by atoms with van der Waals surface area (Å²) in [5.41, 5.74) is 6.94. The summed E-state index contributed by atoms with van der Waals surface area (Å²) in [5, 5.41) is 14.2. The second-order valence-electron chi connectivity index (χ2n) is 8.56. The van der Waals surface area contributed by atoms with Gasteiger partial charge in [0, 0.05) is 37.8 Å². The van der Waals surface area contributed by atoms with Gasteiger partial charge in [-0.1, -0.05) is 39.0 Å². The number of nitriles is 1. The standard InChI is InChI=1S/C8H8FNO.C8H11N3O2.C7H9N.C4H10.CH2O/c1-6(11)10-8-4-2-7(9)3-5-8;9-2-7-1-6(5-12)4-11(7)8(13)3-10;1-8-7-5-3-2-4-6-7;1-4(2)3;1-2/h2-5H,1H3,(H,10,11);5-7H,1,3-4,10H2;2-6,8H,1H3;4H,1-3H3;1H2. The number of anilines is 2. The van der Waals surface area contributed by atoms with Gasteiger partial charge in [0.2, 0.25) is 11.8 Å². The molecule has 0 aromatic heterocycles. The van der Waals surface area contributed by atoms with E-state index in [4.69, 9.17) is 15.8 Å². The molecular formula is C28H40FN5O4. The Bertz CT molecular complexity index is 963. The predicted molar refractivity (Wildman–Crippen MR) is 149 cm³/mol. The largest absolute Gasteiger partial charge is 0.388 e. The Morgan fingerprint density at radius 3 is 2.03 bits per heavy atom. The Hall–Kier alpha value is -4.10. The van der Waals surface area contributed by atoms with Gasteiger partial charge in [-0.05, 0) is 48.7 Å². The molecule has 0 radical (unpaired) electrons. The number of hydrogen-bond acceptors (Lipinski definition) is 7. The molecule has 0 aliphatic carbocycles. The maximum absolute atomic E-state index is 12.3. The summed E-state index contributed by atoms with van der Waals surface area (Å²) in [7, 11) is 1.91. The molecule has 1 aliphatic heterocycles. The number of carbonyl (C=O) groups excluding carboxylic acids is 4. The first kappa shape index (κ1) is 36.1. The van der Waals surface area contributed by atoms with Crippen LogP contribution in [0.3, 0.4) is 0 Å². The number of rotatable bonds is 4. The SMILES string of the molecule is C=O.CC(=O)Nc1ccc(F)cc1.CC(C)C.CNc1ccccc1.N#CC1CC(C=O)CN1C(=O)CN. The fourth-order valence-electron chi connectivity index (χ4n) is 2.82. The third kappa shape index (κ3) is 17.3. The van der Waals surface area contributed by atoms with Crippen molar-refractivity contribution in [3.05, 3.63) is 60.4 Å². The van der Waals surface area contributed by atoms with Crippen molar-refractivity contribution in [1.29, 1.82) is 5.26 Å². The Balaban J connectivity index is 0. The second-order valence-corrected chi connectivity index (χ2v) is 8.56. The highest BCUT2D eigenvalue weighted by molar-refractivity contribution is 5.88. The molecule has 1 heterocycles. The normalized spacial score (nSPS) is 14.8. The smallest absolute Gasteiger partial charge is 0.237 e. The lowest BCUT2D eigenvalue weighted by atomic mass is 10.1. The summed E-state index contributed by atoms with van der Waals surface area (Å²) in [4.78, 5) is 41.5. The monoisotopic (exact) mass is 529 g/mol. The number of nitrogens with two attached hydrogens (primary N) is 1. The molecule has 2 atom stereocenters. The number of benzene rings is 2. The topological polar surface area (TPSA) is 145 Å². The Morgan fingerprint density at radius 1 is 1.13 bits per heavy atom. The molecule has 0 bridgehead atoms. The fourth-order valence-corrected chi connectivity index (χ4v) is 2.82. The van der Waals surface area contributed by atoms with Crippen molar-refractivity contribution in [3.63, 3.8) is 0 Å². The summed E-state index contributed by atoms with van der Waals surface area (Å²) in [6.07, 6.45) is 1.22. The lowest BCUT2D eigenvalue weighted by Crippen LogP contribution is -2.39. The molecule has 1 fully saturated rings. The summed E-state index contributed by atoms with van der Waals surface area (Å²) >= 11 is 0. The van der Waals surface area contributed by atoms with E-state index in [1.54, 1.807) is 0 Å². The van der Waals surface area contributed by atoms with Gasteiger partial charge in [-0.15, -0.1) is 0 Å². The van der Waals surface area contributed by atoms with Gasteiger partial charge < -0.3 is 30.9 Å². The number of para-hydroxylation sites is 1. The third-order valence-electron chi connectivity index (χ3n) is 4.40. The minimum atomic E-state index is -0.480. The number of nitrogens with zero attached hydrogens (tertiary/aromatic N) is 2. The van der Waals surface area contributed by atoms with Crippen LogP contribution < -0.4 is 16.4 Å². The van der Waals surface area contributed by atoms with Gasteiger partial charge in [-0.25, -0.2) is 4.39 Å². The van der Waals surface area contributed by atoms with Crippen molar-refractivity contribution >= 4 is 36.3 Å². The Labute approximate surface area is 225 Å². The van der Waals surface area contributed by atoms with Crippen LogP contribution in [0.1, 0.15) is 34.1 Å². The van der Waals surface area contributed by atoms with Crippen molar-refractivity contribution in [3.8, 4) is 6.07 Å². The van der Waals surface area contributed by atoms with E-state index < -0.39 is 6.04 Å².